The van der Waals surface area contributed by atoms with Gasteiger partial charge in [-0.3, -0.25) is 9.69 Å². The average molecular weight is 288 g/mol. The van der Waals surface area contributed by atoms with Gasteiger partial charge in [0.05, 0.1) is 0 Å². The first-order valence-corrected chi connectivity index (χ1v) is 8.01. The van der Waals surface area contributed by atoms with E-state index in [2.05, 4.69) is 27.4 Å². The maximum Gasteiger partial charge on any atom is 0.251 e. The van der Waals surface area contributed by atoms with E-state index >= 15 is 0 Å². The Balaban J connectivity index is 1.55. The van der Waals surface area contributed by atoms with Crippen LogP contribution in [0.3, 0.4) is 0 Å². The van der Waals surface area contributed by atoms with Crippen LogP contribution in [0.5, 0.6) is 0 Å². The summed E-state index contributed by atoms with van der Waals surface area (Å²) in [4.78, 5) is 19.1. The number of nitrogens with one attached hydrogen (secondary N) is 2. The molecule has 1 aromatic rings. The first-order valence-electron chi connectivity index (χ1n) is 8.01. The number of carbonyl (C=O) groups excluding carboxylic acids is 1. The number of hydrogen-bond donors (Lipinski definition) is 2. The van der Waals surface area contributed by atoms with E-state index in [1.165, 1.54) is 12.8 Å². The summed E-state index contributed by atoms with van der Waals surface area (Å²) in [6.07, 6.45) is 6.46. The predicted octanol–water partition coefficient (Wildman–Crippen LogP) is 1.87. The molecule has 1 aliphatic heterocycles. The Kier molecular flexibility index (Phi) is 4.39. The third kappa shape index (κ3) is 3.73. The molecule has 1 amide bonds. The minimum absolute atomic E-state index is 0.0135. The molecule has 1 aliphatic carbocycles. The standard InChI is InChI=1S/C16H24N4O/c1-2-7-17-15-10-12(5-8-18-15)16(21)19-13-6-9-20(11-13)14-3-4-14/h5,8,10,13-14H,2-4,6-7,9,11H2,1H3,(H,17,18)(H,19,21). The number of anilines is 1. The van der Waals surface area contributed by atoms with Crippen molar-refractivity contribution in [3.8, 4) is 0 Å². The van der Waals surface area contributed by atoms with Crippen molar-refractivity contribution < 1.29 is 4.79 Å². The van der Waals surface area contributed by atoms with E-state index in [0.717, 1.165) is 44.3 Å². The summed E-state index contributed by atoms with van der Waals surface area (Å²) in [5.74, 6) is 0.787. The van der Waals surface area contributed by atoms with Crippen LogP contribution < -0.4 is 10.6 Å². The highest BCUT2D eigenvalue weighted by Crippen LogP contribution is 2.29. The van der Waals surface area contributed by atoms with Crippen molar-refractivity contribution in [3.05, 3.63) is 23.9 Å². The minimum atomic E-state index is 0.0135. The van der Waals surface area contributed by atoms with Crippen LogP contribution in [0.2, 0.25) is 0 Å². The number of nitrogens with zero attached hydrogens (tertiary/aromatic N) is 2. The lowest BCUT2D eigenvalue weighted by Gasteiger charge is -2.16. The van der Waals surface area contributed by atoms with Crippen LogP contribution in [-0.4, -0.2) is 47.5 Å². The van der Waals surface area contributed by atoms with Gasteiger partial charge in [0.1, 0.15) is 5.82 Å². The van der Waals surface area contributed by atoms with Crippen molar-refractivity contribution in [2.45, 2.75) is 44.7 Å². The van der Waals surface area contributed by atoms with Crippen LogP contribution in [0.1, 0.15) is 43.0 Å². The summed E-state index contributed by atoms with van der Waals surface area (Å²) in [5.41, 5.74) is 0.688. The normalized spacial score (nSPS) is 22.2. The van der Waals surface area contributed by atoms with Gasteiger partial charge in [0.2, 0.25) is 0 Å². The maximum atomic E-state index is 12.3. The summed E-state index contributed by atoms with van der Waals surface area (Å²) in [5, 5.41) is 6.37. The van der Waals surface area contributed by atoms with Gasteiger partial charge in [-0.05, 0) is 37.8 Å². The molecule has 0 bridgehead atoms. The molecule has 2 fully saturated rings. The minimum Gasteiger partial charge on any atom is -0.370 e. The van der Waals surface area contributed by atoms with E-state index in [1.54, 1.807) is 12.3 Å². The molecular formula is C16H24N4O. The van der Waals surface area contributed by atoms with Gasteiger partial charge >= 0.3 is 0 Å². The monoisotopic (exact) mass is 288 g/mol. The van der Waals surface area contributed by atoms with Crippen LogP contribution in [0, 0.1) is 0 Å². The van der Waals surface area contributed by atoms with Crippen LogP contribution >= 0.6 is 0 Å². The number of aromatic nitrogens is 1. The number of hydrogen-bond acceptors (Lipinski definition) is 4. The van der Waals surface area contributed by atoms with Crippen molar-refractivity contribution in [2.75, 3.05) is 25.0 Å². The van der Waals surface area contributed by atoms with E-state index in [4.69, 9.17) is 0 Å². The van der Waals surface area contributed by atoms with E-state index in [0.29, 0.717) is 11.6 Å². The van der Waals surface area contributed by atoms with Gasteiger partial charge in [-0.25, -0.2) is 4.98 Å². The van der Waals surface area contributed by atoms with Crippen molar-refractivity contribution in [3.63, 3.8) is 0 Å². The SMILES string of the molecule is CCCNc1cc(C(=O)NC2CCN(C3CC3)C2)ccn1. The second-order valence-electron chi connectivity index (χ2n) is 6.04. The number of carbonyl (C=O) groups is 1. The average Bonchev–Trinajstić information content (AvgIpc) is 3.26. The van der Waals surface area contributed by atoms with E-state index in [9.17, 15) is 4.79 Å². The number of amides is 1. The largest absolute Gasteiger partial charge is 0.370 e. The van der Waals surface area contributed by atoms with Crippen LogP contribution in [0.15, 0.2) is 18.3 Å². The molecule has 5 nitrogen and oxygen atoms in total. The summed E-state index contributed by atoms with van der Waals surface area (Å²) >= 11 is 0. The van der Waals surface area contributed by atoms with Gasteiger partial charge < -0.3 is 10.6 Å². The van der Waals surface area contributed by atoms with Gasteiger partial charge in [0.25, 0.3) is 5.91 Å². The van der Waals surface area contributed by atoms with Gasteiger partial charge in [0, 0.05) is 43.5 Å². The molecule has 5 heteroatoms. The first-order chi connectivity index (χ1) is 10.3. The predicted molar refractivity (Wildman–Crippen MR) is 83.5 cm³/mol. The lowest BCUT2D eigenvalue weighted by Crippen LogP contribution is -2.37. The van der Waals surface area contributed by atoms with Crippen LogP contribution in [0.4, 0.5) is 5.82 Å². The molecule has 114 valence electrons. The van der Waals surface area contributed by atoms with E-state index < -0.39 is 0 Å². The molecule has 21 heavy (non-hydrogen) atoms. The molecule has 1 atom stereocenters. The molecule has 3 rings (SSSR count). The Morgan fingerprint density at radius 3 is 3.05 bits per heavy atom. The second-order valence-corrected chi connectivity index (χ2v) is 6.04. The highest BCUT2D eigenvalue weighted by atomic mass is 16.1. The fourth-order valence-corrected chi connectivity index (χ4v) is 2.87. The molecule has 2 heterocycles. The lowest BCUT2D eigenvalue weighted by molar-refractivity contribution is 0.0937. The third-order valence-electron chi connectivity index (χ3n) is 4.20. The molecule has 1 saturated heterocycles. The van der Waals surface area contributed by atoms with Gasteiger partial charge in [0.15, 0.2) is 0 Å². The molecule has 2 aliphatic rings. The zero-order valence-corrected chi connectivity index (χ0v) is 12.6. The summed E-state index contributed by atoms with van der Waals surface area (Å²) < 4.78 is 0. The molecule has 2 N–H and O–H groups in total. The fraction of sp³-hybridized carbons (Fsp3) is 0.625. The van der Waals surface area contributed by atoms with Gasteiger partial charge in [-0.15, -0.1) is 0 Å². The topological polar surface area (TPSA) is 57.3 Å². The Morgan fingerprint density at radius 2 is 2.29 bits per heavy atom. The van der Waals surface area contributed by atoms with Crippen LogP contribution in [0.25, 0.3) is 0 Å². The zero-order valence-electron chi connectivity index (χ0n) is 12.6. The quantitative estimate of drug-likeness (QED) is 0.839. The first kappa shape index (κ1) is 14.3. The lowest BCUT2D eigenvalue weighted by atomic mass is 10.2. The Morgan fingerprint density at radius 1 is 1.43 bits per heavy atom. The van der Waals surface area contributed by atoms with Gasteiger partial charge in [-0.1, -0.05) is 6.92 Å². The van der Waals surface area contributed by atoms with Gasteiger partial charge in [-0.2, -0.15) is 0 Å². The molecule has 1 aromatic heterocycles. The number of likely N-dealkylation sites (tertiary alicyclic amines) is 1. The molecule has 1 unspecified atom stereocenters. The third-order valence-corrected chi connectivity index (χ3v) is 4.20. The maximum absolute atomic E-state index is 12.3. The van der Waals surface area contributed by atoms with Crippen molar-refractivity contribution in [2.24, 2.45) is 0 Å². The summed E-state index contributed by atoms with van der Waals surface area (Å²) in [6, 6.07) is 4.69. The summed E-state index contributed by atoms with van der Waals surface area (Å²) in [6.45, 7) is 5.10. The molecular weight excluding hydrogens is 264 g/mol. The Bertz CT molecular complexity index is 501. The van der Waals surface area contributed by atoms with Crippen molar-refractivity contribution in [1.29, 1.82) is 0 Å². The summed E-state index contributed by atoms with van der Waals surface area (Å²) in [7, 11) is 0. The number of pyridine rings is 1. The van der Waals surface area contributed by atoms with Crippen LogP contribution in [-0.2, 0) is 0 Å². The fourth-order valence-electron chi connectivity index (χ4n) is 2.87. The highest BCUT2D eigenvalue weighted by Gasteiger charge is 2.34. The molecule has 0 spiro atoms. The molecule has 0 radical (unpaired) electrons. The highest BCUT2D eigenvalue weighted by molar-refractivity contribution is 5.95. The Hall–Kier alpha value is -1.62. The van der Waals surface area contributed by atoms with Crippen molar-refractivity contribution >= 4 is 11.7 Å². The number of rotatable bonds is 6. The second kappa shape index (κ2) is 6.43. The smallest absolute Gasteiger partial charge is 0.251 e. The zero-order chi connectivity index (χ0) is 14.7. The molecule has 1 saturated carbocycles. The molecule has 0 aromatic carbocycles. The van der Waals surface area contributed by atoms with E-state index in [1.807, 2.05) is 6.07 Å². The van der Waals surface area contributed by atoms with E-state index in [-0.39, 0.29) is 5.91 Å². The Labute approximate surface area is 126 Å². The van der Waals surface area contributed by atoms with Crippen molar-refractivity contribution in [1.82, 2.24) is 15.2 Å².